The number of rotatable bonds is 5. The van der Waals surface area contributed by atoms with E-state index in [1.807, 2.05) is 0 Å². The first-order valence-electron chi connectivity index (χ1n) is 5.03. The summed E-state index contributed by atoms with van der Waals surface area (Å²) in [4.78, 5) is 25.6. The fourth-order valence-electron chi connectivity index (χ4n) is 1.32. The summed E-state index contributed by atoms with van der Waals surface area (Å²) in [5.74, 6) is -0.352. The smallest absolute Gasteiger partial charge is 0.226 e. The molecule has 0 aliphatic heterocycles. The molecule has 0 spiro atoms. The van der Waals surface area contributed by atoms with Crippen LogP contribution in [0.1, 0.15) is 27.7 Å². The van der Waals surface area contributed by atoms with E-state index in [0.717, 1.165) is 19.6 Å². The first kappa shape index (κ1) is 13.1. The average molecular weight is 200 g/mol. The maximum absolute atomic E-state index is 11.1. The van der Waals surface area contributed by atoms with Gasteiger partial charge in [-0.3, -0.25) is 14.5 Å². The zero-order chi connectivity index (χ0) is 11.1. The molecule has 0 aromatic heterocycles. The van der Waals surface area contributed by atoms with Gasteiger partial charge in [-0.25, -0.2) is 0 Å². The van der Waals surface area contributed by atoms with Crippen molar-refractivity contribution < 1.29 is 9.59 Å². The summed E-state index contributed by atoms with van der Waals surface area (Å²) in [6.45, 7) is 10.1. The Hall–Kier alpha value is -0.900. The Morgan fingerprint density at radius 3 is 1.64 bits per heavy atom. The maximum atomic E-state index is 11.1. The molecule has 0 N–H and O–H groups in total. The molecule has 0 aromatic rings. The molecule has 0 aliphatic rings. The van der Waals surface area contributed by atoms with Crippen LogP contribution >= 0.6 is 0 Å². The molecule has 4 heteroatoms. The molecule has 0 aliphatic carbocycles. The third kappa shape index (κ3) is 4.37. The molecule has 0 atom stereocenters. The standard InChI is InChI=1S/C10H20N2O2/c1-5-11(6-2)7-8-12(9(3)13)10(4)14/h5-8H2,1-4H3. The van der Waals surface area contributed by atoms with E-state index in [1.165, 1.54) is 18.7 Å². The van der Waals surface area contributed by atoms with E-state index < -0.39 is 0 Å². The van der Waals surface area contributed by atoms with E-state index in [0.29, 0.717) is 6.54 Å². The van der Waals surface area contributed by atoms with E-state index in [2.05, 4.69) is 18.7 Å². The van der Waals surface area contributed by atoms with Gasteiger partial charge in [0.2, 0.25) is 11.8 Å². The molecular formula is C10H20N2O2. The van der Waals surface area contributed by atoms with Crippen LogP contribution in [0.2, 0.25) is 0 Å². The van der Waals surface area contributed by atoms with Gasteiger partial charge in [-0.2, -0.15) is 0 Å². The fourth-order valence-corrected chi connectivity index (χ4v) is 1.32. The third-order valence-electron chi connectivity index (χ3n) is 2.29. The Morgan fingerprint density at radius 1 is 0.929 bits per heavy atom. The second kappa shape index (κ2) is 6.54. The highest BCUT2D eigenvalue weighted by atomic mass is 16.2. The topological polar surface area (TPSA) is 40.6 Å². The second-order valence-electron chi connectivity index (χ2n) is 3.22. The zero-order valence-corrected chi connectivity index (χ0v) is 9.54. The molecule has 0 saturated carbocycles. The first-order valence-corrected chi connectivity index (χ1v) is 5.03. The monoisotopic (exact) mass is 200 g/mol. The van der Waals surface area contributed by atoms with Crippen LogP contribution in [-0.4, -0.2) is 47.8 Å². The number of amides is 2. The SMILES string of the molecule is CCN(CC)CCN(C(C)=O)C(C)=O. The Bertz CT molecular complexity index is 186. The molecule has 0 saturated heterocycles. The quantitative estimate of drug-likeness (QED) is 0.656. The molecule has 0 aromatic carbocycles. The lowest BCUT2D eigenvalue weighted by Gasteiger charge is -2.23. The van der Waals surface area contributed by atoms with E-state index in [1.54, 1.807) is 0 Å². The highest BCUT2D eigenvalue weighted by Gasteiger charge is 2.13. The maximum Gasteiger partial charge on any atom is 0.226 e. The van der Waals surface area contributed by atoms with Crippen molar-refractivity contribution in [2.75, 3.05) is 26.2 Å². The van der Waals surface area contributed by atoms with E-state index in [-0.39, 0.29) is 11.8 Å². The van der Waals surface area contributed by atoms with Crippen LogP contribution in [-0.2, 0) is 9.59 Å². The van der Waals surface area contributed by atoms with E-state index in [4.69, 9.17) is 0 Å². The molecule has 0 bridgehead atoms. The van der Waals surface area contributed by atoms with Crippen LogP contribution < -0.4 is 0 Å². The highest BCUT2D eigenvalue weighted by Crippen LogP contribution is 1.93. The molecule has 0 unspecified atom stereocenters. The molecular weight excluding hydrogens is 180 g/mol. The van der Waals surface area contributed by atoms with Gasteiger partial charge in [0.1, 0.15) is 0 Å². The summed E-state index contributed by atoms with van der Waals surface area (Å²) in [5.41, 5.74) is 0. The van der Waals surface area contributed by atoms with Gasteiger partial charge in [0.25, 0.3) is 0 Å². The predicted octanol–water partition coefficient (Wildman–Crippen LogP) is 0.723. The number of nitrogens with zero attached hydrogens (tertiary/aromatic N) is 2. The molecule has 0 fully saturated rings. The second-order valence-corrected chi connectivity index (χ2v) is 3.22. The van der Waals surface area contributed by atoms with Gasteiger partial charge in [0, 0.05) is 26.9 Å². The summed E-state index contributed by atoms with van der Waals surface area (Å²) in [7, 11) is 0. The Balaban J connectivity index is 4.06. The number of carbonyl (C=O) groups excluding carboxylic acids is 2. The van der Waals surface area contributed by atoms with Gasteiger partial charge < -0.3 is 4.90 Å². The molecule has 82 valence electrons. The van der Waals surface area contributed by atoms with Crippen molar-refractivity contribution in [2.45, 2.75) is 27.7 Å². The number of likely N-dealkylation sites (N-methyl/N-ethyl adjacent to an activating group) is 1. The fraction of sp³-hybridized carbons (Fsp3) is 0.800. The average Bonchev–Trinajstić information content (AvgIpc) is 2.11. The van der Waals surface area contributed by atoms with Crippen LogP contribution in [0.5, 0.6) is 0 Å². The zero-order valence-electron chi connectivity index (χ0n) is 9.54. The lowest BCUT2D eigenvalue weighted by atomic mass is 10.4. The lowest BCUT2D eigenvalue weighted by molar-refractivity contribution is -0.142. The van der Waals surface area contributed by atoms with Gasteiger partial charge in [-0.15, -0.1) is 0 Å². The van der Waals surface area contributed by atoms with Crippen molar-refractivity contribution in [3.05, 3.63) is 0 Å². The lowest BCUT2D eigenvalue weighted by Crippen LogP contribution is -2.40. The Kier molecular flexibility index (Phi) is 6.12. The summed E-state index contributed by atoms with van der Waals surface area (Å²) < 4.78 is 0. The van der Waals surface area contributed by atoms with Gasteiger partial charge in [-0.1, -0.05) is 13.8 Å². The number of carbonyl (C=O) groups is 2. The van der Waals surface area contributed by atoms with Crippen LogP contribution in [0.15, 0.2) is 0 Å². The third-order valence-corrected chi connectivity index (χ3v) is 2.29. The van der Waals surface area contributed by atoms with Gasteiger partial charge in [0.15, 0.2) is 0 Å². The minimum atomic E-state index is -0.176. The Morgan fingerprint density at radius 2 is 1.36 bits per heavy atom. The minimum Gasteiger partial charge on any atom is -0.302 e. The molecule has 0 rings (SSSR count). The van der Waals surface area contributed by atoms with Gasteiger partial charge >= 0.3 is 0 Å². The molecule has 14 heavy (non-hydrogen) atoms. The molecule has 4 nitrogen and oxygen atoms in total. The van der Waals surface area contributed by atoms with Crippen LogP contribution in [0.4, 0.5) is 0 Å². The summed E-state index contributed by atoms with van der Waals surface area (Å²) >= 11 is 0. The largest absolute Gasteiger partial charge is 0.302 e. The predicted molar refractivity (Wildman–Crippen MR) is 55.9 cm³/mol. The van der Waals surface area contributed by atoms with E-state index >= 15 is 0 Å². The molecule has 0 heterocycles. The van der Waals surface area contributed by atoms with Gasteiger partial charge in [-0.05, 0) is 13.1 Å². The van der Waals surface area contributed by atoms with Crippen molar-refractivity contribution in [2.24, 2.45) is 0 Å². The van der Waals surface area contributed by atoms with E-state index in [9.17, 15) is 9.59 Å². The van der Waals surface area contributed by atoms with Crippen molar-refractivity contribution in [1.82, 2.24) is 9.80 Å². The number of hydrogen-bond donors (Lipinski definition) is 0. The highest BCUT2D eigenvalue weighted by molar-refractivity contribution is 5.92. The number of imide groups is 1. The normalized spacial score (nSPS) is 10.4. The summed E-state index contributed by atoms with van der Waals surface area (Å²) in [5, 5.41) is 0. The first-order chi connectivity index (χ1) is 6.52. The summed E-state index contributed by atoms with van der Waals surface area (Å²) in [6.07, 6.45) is 0. The molecule has 0 radical (unpaired) electrons. The van der Waals surface area contributed by atoms with Crippen LogP contribution in [0.3, 0.4) is 0 Å². The van der Waals surface area contributed by atoms with Crippen LogP contribution in [0.25, 0.3) is 0 Å². The number of hydrogen-bond acceptors (Lipinski definition) is 3. The van der Waals surface area contributed by atoms with Gasteiger partial charge in [0.05, 0.1) is 0 Å². The van der Waals surface area contributed by atoms with Crippen molar-refractivity contribution in [3.63, 3.8) is 0 Å². The molecule has 2 amide bonds. The van der Waals surface area contributed by atoms with Crippen molar-refractivity contribution in [3.8, 4) is 0 Å². The summed E-state index contributed by atoms with van der Waals surface area (Å²) in [6, 6.07) is 0. The van der Waals surface area contributed by atoms with Crippen molar-refractivity contribution >= 4 is 11.8 Å². The Labute approximate surface area is 85.9 Å². The minimum absolute atomic E-state index is 0.176. The van der Waals surface area contributed by atoms with Crippen molar-refractivity contribution in [1.29, 1.82) is 0 Å². The van der Waals surface area contributed by atoms with Crippen LogP contribution in [0, 0.1) is 0 Å².